The molecule has 0 saturated heterocycles. The molecule has 1 aliphatic rings. The maximum Gasteiger partial charge on any atom is 0.221 e. The normalized spacial score (nSPS) is 31.3. The summed E-state index contributed by atoms with van der Waals surface area (Å²) in [5.41, 5.74) is 6.62. The van der Waals surface area contributed by atoms with Crippen LogP contribution in [0.5, 0.6) is 0 Å². The van der Waals surface area contributed by atoms with Gasteiger partial charge in [-0.2, -0.15) is 0 Å². The van der Waals surface area contributed by atoms with Crippen molar-refractivity contribution in [3.05, 3.63) is 11.6 Å². The van der Waals surface area contributed by atoms with Crippen LogP contribution in [-0.4, -0.2) is 5.91 Å². The maximum absolute atomic E-state index is 10.9. The average Bonchev–Trinajstić information content (AvgIpc) is 1.85. The molecule has 0 fully saturated rings. The van der Waals surface area contributed by atoms with E-state index in [-0.39, 0.29) is 11.8 Å². The lowest BCUT2D eigenvalue weighted by molar-refractivity contribution is -0.123. The first-order valence-electron chi connectivity index (χ1n) is 4.06. The summed E-state index contributed by atoms with van der Waals surface area (Å²) in [5.74, 6) is 0.345. The first kappa shape index (κ1) is 8.31. The van der Waals surface area contributed by atoms with E-state index in [9.17, 15) is 4.79 Å². The lowest BCUT2D eigenvalue weighted by Gasteiger charge is -2.24. The standard InChI is InChI=1S/C9H15NO/c1-6-3-4-8(9(10)11)7(2)5-6/h3,7-8H,4-5H2,1-2H3,(H2,10,11). The minimum atomic E-state index is -0.152. The molecule has 1 rings (SSSR count). The molecule has 0 spiro atoms. The number of primary amides is 1. The second-order valence-electron chi connectivity index (χ2n) is 3.48. The third kappa shape index (κ3) is 1.82. The Bertz CT molecular complexity index is 196. The first-order valence-corrected chi connectivity index (χ1v) is 4.06. The summed E-state index contributed by atoms with van der Waals surface area (Å²) in [4.78, 5) is 10.9. The zero-order valence-electron chi connectivity index (χ0n) is 7.13. The summed E-state index contributed by atoms with van der Waals surface area (Å²) < 4.78 is 0. The van der Waals surface area contributed by atoms with Gasteiger partial charge >= 0.3 is 0 Å². The molecule has 2 unspecified atom stereocenters. The van der Waals surface area contributed by atoms with Crippen LogP contribution in [0.25, 0.3) is 0 Å². The van der Waals surface area contributed by atoms with Gasteiger partial charge in [-0.05, 0) is 25.7 Å². The van der Waals surface area contributed by atoms with Crippen molar-refractivity contribution in [3.63, 3.8) is 0 Å². The molecule has 0 radical (unpaired) electrons. The van der Waals surface area contributed by atoms with Gasteiger partial charge in [0.15, 0.2) is 0 Å². The molecule has 62 valence electrons. The van der Waals surface area contributed by atoms with Crippen molar-refractivity contribution in [2.75, 3.05) is 0 Å². The van der Waals surface area contributed by atoms with Gasteiger partial charge in [0.2, 0.25) is 5.91 Å². The lowest BCUT2D eigenvalue weighted by atomic mass is 9.81. The fourth-order valence-corrected chi connectivity index (χ4v) is 1.69. The zero-order chi connectivity index (χ0) is 8.43. The van der Waals surface area contributed by atoms with Gasteiger partial charge in [-0.1, -0.05) is 18.6 Å². The van der Waals surface area contributed by atoms with Crippen LogP contribution in [0.15, 0.2) is 11.6 Å². The molecule has 0 saturated carbocycles. The Balaban J connectivity index is 2.65. The summed E-state index contributed by atoms with van der Waals surface area (Å²) >= 11 is 0. The summed E-state index contributed by atoms with van der Waals surface area (Å²) in [6.45, 7) is 4.19. The van der Waals surface area contributed by atoms with Gasteiger partial charge in [0, 0.05) is 5.92 Å². The van der Waals surface area contributed by atoms with E-state index in [4.69, 9.17) is 5.73 Å². The molecule has 2 heteroatoms. The van der Waals surface area contributed by atoms with E-state index in [1.165, 1.54) is 5.57 Å². The first-order chi connectivity index (χ1) is 5.11. The summed E-state index contributed by atoms with van der Waals surface area (Å²) in [5, 5.41) is 0. The quantitative estimate of drug-likeness (QED) is 0.569. The monoisotopic (exact) mass is 153 g/mol. The SMILES string of the molecule is CC1=CCC(C(N)=O)C(C)C1. The highest BCUT2D eigenvalue weighted by Gasteiger charge is 2.24. The number of nitrogens with two attached hydrogens (primary N) is 1. The van der Waals surface area contributed by atoms with Gasteiger partial charge in [-0.3, -0.25) is 4.79 Å². The Kier molecular flexibility index (Phi) is 2.32. The van der Waals surface area contributed by atoms with E-state index in [2.05, 4.69) is 19.9 Å². The molecule has 0 aliphatic heterocycles. The molecule has 11 heavy (non-hydrogen) atoms. The van der Waals surface area contributed by atoms with Gasteiger partial charge in [0.25, 0.3) is 0 Å². The summed E-state index contributed by atoms with van der Waals surface area (Å²) in [7, 11) is 0. The van der Waals surface area contributed by atoms with Crippen LogP contribution >= 0.6 is 0 Å². The molecule has 0 bridgehead atoms. The predicted octanol–water partition coefficient (Wildman–Crippen LogP) is 1.46. The Morgan fingerprint density at radius 2 is 2.36 bits per heavy atom. The Morgan fingerprint density at radius 3 is 2.82 bits per heavy atom. The minimum Gasteiger partial charge on any atom is -0.369 e. The molecule has 0 aromatic rings. The smallest absolute Gasteiger partial charge is 0.221 e. The van der Waals surface area contributed by atoms with Crippen molar-refractivity contribution in [3.8, 4) is 0 Å². The topological polar surface area (TPSA) is 43.1 Å². The summed E-state index contributed by atoms with van der Waals surface area (Å²) in [6, 6.07) is 0. The van der Waals surface area contributed by atoms with E-state index in [0.29, 0.717) is 5.92 Å². The number of hydrogen-bond donors (Lipinski definition) is 1. The predicted molar refractivity (Wildman–Crippen MR) is 44.8 cm³/mol. The Labute approximate surface area is 67.5 Å². The number of carbonyl (C=O) groups excluding carboxylic acids is 1. The summed E-state index contributed by atoms with van der Waals surface area (Å²) in [6.07, 6.45) is 3.98. The van der Waals surface area contributed by atoms with Gasteiger partial charge in [0.05, 0.1) is 0 Å². The Hall–Kier alpha value is -0.790. The highest BCUT2D eigenvalue weighted by molar-refractivity contribution is 5.77. The van der Waals surface area contributed by atoms with E-state index in [0.717, 1.165) is 12.8 Å². The third-order valence-electron chi connectivity index (χ3n) is 2.42. The average molecular weight is 153 g/mol. The second-order valence-corrected chi connectivity index (χ2v) is 3.48. The highest BCUT2D eigenvalue weighted by Crippen LogP contribution is 2.28. The molecule has 0 aromatic heterocycles. The van der Waals surface area contributed by atoms with Crippen LogP contribution in [0, 0.1) is 11.8 Å². The van der Waals surface area contributed by atoms with Crippen LogP contribution in [-0.2, 0) is 4.79 Å². The molecular formula is C9H15NO. The number of carbonyl (C=O) groups is 1. The molecule has 0 heterocycles. The maximum atomic E-state index is 10.9. The van der Waals surface area contributed by atoms with E-state index < -0.39 is 0 Å². The van der Waals surface area contributed by atoms with E-state index in [1.807, 2.05) is 0 Å². The minimum absolute atomic E-state index is 0.0682. The number of rotatable bonds is 1. The largest absolute Gasteiger partial charge is 0.369 e. The van der Waals surface area contributed by atoms with Gasteiger partial charge < -0.3 is 5.73 Å². The molecule has 2 N–H and O–H groups in total. The van der Waals surface area contributed by atoms with Crippen LogP contribution in [0.4, 0.5) is 0 Å². The number of amides is 1. The number of hydrogen-bond acceptors (Lipinski definition) is 1. The zero-order valence-corrected chi connectivity index (χ0v) is 7.13. The van der Waals surface area contributed by atoms with Crippen LogP contribution in [0.2, 0.25) is 0 Å². The molecule has 0 aromatic carbocycles. The van der Waals surface area contributed by atoms with E-state index in [1.54, 1.807) is 0 Å². The van der Waals surface area contributed by atoms with Crippen molar-refractivity contribution < 1.29 is 4.79 Å². The molecule has 1 aliphatic carbocycles. The molecule has 2 atom stereocenters. The Morgan fingerprint density at radius 1 is 1.73 bits per heavy atom. The van der Waals surface area contributed by atoms with E-state index >= 15 is 0 Å². The highest BCUT2D eigenvalue weighted by atomic mass is 16.1. The van der Waals surface area contributed by atoms with Crippen molar-refractivity contribution in [1.82, 2.24) is 0 Å². The second kappa shape index (κ2) is 3.07. The van der Waals surface area contributed by atoms with Crippen LogP contribution < -0.4 is 5.73 Å². The molecule has 2 nitrogen and oxygen atoms in total. The van der Waals surface area contributed by atoms with Crippen LogP contribution in [0.1, 0.15) is 26.7 Å². The van der Waals surface area contributed by atoms with Crippen molar-refractivity contribution in [1.29, 1.82) is 0 Å². The van der Waals surface area contributed by atoms with Gasteiger partial charge in [-0.15, -0.1) is 0 Å². The van der Waals surface area contributed by atoms with Crippen molar-refractivity contribution in [2.45, 2.75) is 26.7 Å². The van der Waals surface area contributed by atoms with Crippen molar-refractivity contribution >= 4 is 5.91 Å². The molecule has 1 amide bonds. The van der Waals surface area contributed by atoms with Gasteiger partial charge in [-0.25, -0.2) is 0 Å². The fraction of sp³-hybridized carbons (Fsp3) is 0.667. The molecular weight excluding hydrogens is 138 g/mol. The third-order valence-corrected chi connectivity index (χ3v) is 2.42. The lowest BCUT2D eigenvalue weighted by Crippen LogP contribution is -2.30. The van der Waals surface area contributed by atoms with Crippen LogP contribution in [0.3, 0.4) is 0 Å². The fourth-order valence-electron chi connectivity index (χ4n) is 1.69. The number of allylic oxidation sites excluding steroid dienone is 2. The van der Waals surface area contributed by atoms with Gasteiger partial charge in [0.1, 0.15) is 0 Å². The van der Waals surface area contributed by atoms with Crippen molar-refractivity contribution in [2.24, 2.45) is 17.6 Å².